The number of morpholine rings is 1. The van der Waals surface area contributed by atoms with E-state index in [9.17, 15) is 13.2 Å². The Balaban J connectivity index is 1.72. The quantitative estimate of drug-likeness (QED) is 0.876. The Bertz CT molecular complexity index is 683. The van der Waals surface area contributed by atoms with E-state index in [0.717, 1.165) is 18.4 Å². The van der Waals surface area contributed by atoms with E-state index in [1.165, 1.54) is 4.31 Å². The van der Waals surface area contributed by atoms with E-state index in [4.69, 9.17) is 9.84 Å². The van der Waals surface area contributed by atoms with Gasteiger partial charge in [-0.25, -0.2) is 4.79 Å². The first-order valence-corrected chi connectivity index (χ1v) is 9.54. The lowest BCUT2D eigenvalue weighted by molar-refractivity contribution is 0.0694. The van der Waals surface area contributed by atoms with Gasteiger partial charge in [-0.1, -0.05) is 12.1 Å². The SMILES string of the molecule is O=C(O)c1ccc([C@H]2CCCN(S(=O)(=O)N3CCOCC3)C2)cc1. The van der Waals surface area contributed by atoms with E-state index in [1.54, 1.807) is 28.6 Å². The zero-order valence-corrected chi connectivity index (χ0v) is 14.2. The Morgan fingerprint density at radius 1 is 1.08 bits per heavy atom. The minimum atomic E-state index is -3.46. The third-order valence-corrected chi connectivity index (χ3v) is 6.64. The van der Waals surface area contributed by atoms with Crippen LogP contribution in [0, 0.1) is 0 Å². The lowest BCUT2D eigenvalue weighted by atomic mass is 9.91. The molecule has 1 aromatic carbocycles. The molecule has 3 rings (SSSR count). The van der Waals surface area contributed by atoms with E-state index < -0.39 is 16.2 Å². The normalized spacial score (nSPS) is 23.9. The highest BCUT2D eigenvalue weighted by atomic mass is 32.2. The van der Waals surface area contributed by atoms with Crippen LogP contribution in [0.2, 0.25) is 0 Å². The molecule has 0 spiro atoms. The number of carboxylic acids is 1. The molecule has 2 heterocycles. The van der Waals surface area contributed by atoms with E-state index in [-0.39, 0.29) is 11.5 Å². The van der Waals surface area contributed by atoms with E-state index in [2.05, 4.69) is 0 Å². The molecule has 0 unspecified atom stereocenters. The number of carboxylic acid groups (broad SMARTS) is 1. The van der Waals surface area contributed by atoms with Gasteiger partial charge in [-0.05, 0) is 36.5 Å². The molecule has 0 aliphatic carbocycles. The fourth-order valence-electron chi connectivity index (χ4n) is 3.26. The minimum absolute atomic E-state index is 0.0948. The van der Waals surface area contributed by atoms with E-state index in [0.29, 0.717) is 39.4 Å². The average molecular weight is 354 g/mol. The second-order valence-corrected chi connectivity index (χ2v) is 8.07. The van der Waals surface area contributed by atoms with Crippen LogP contribution in [-0.4, -0.2) is 67.5 Å². The number of carbonyl (C=O) groups is 1. The van der Waals surface area contributed by atoms with Gasteiger partial charge in [0, 0.05) is 26.2 Å². The Hall–Kier alpha value is -1.48. The van der Waals surface area contributed by atoms with Gasteiger partial charge < -0.3 is 9.84 Å². The van der Waals surface area contributed by atoms with Crippen molar-refractivity contribution >= 4 is 16.2 Å². The zero-order chi connectivity index (χ0) is 17.2. The molecule has 8 heteroatoms. The molecule has 2 fully saturated rings. The lowest BCUT2D eigenvalue weighted by Gasteiger charge is -2.36. The van der Waals surface area contributed by atoms with Crippen LogP contribution < -0.4 is 0 Å². The molecule has 1 N–H and O–H groups in total. The molecule has 0 radical (unpaired) electrons. The van der Waals surface area contributed by atoms with Crippen LogP contribution >= 0.6 is 0 Å². The fourth-order valence-corrected chi connectivity index (χ4v) is 4.93. The van der Waals surface area contributed by atoms with Gasteiger partial charge in [0.1, 0.15) is 0 Å². The van der Waals surface area contributed by atoms with E-state index in [1.807, 2.05) is 0 Å². The first kappa shape index (κ1) is 17.3. The molecule has 2 aliphatic rings. The number of aromatic carboxylic acids is 1. The number of nitrogens with zero attached hydrogens (tertiary/aromatic N) is 2. The van der Waals surface area contributed by atoms with Crippen molar-refractivity contribution in [3.63, 3.8) is 0 Å². The summed E-state index contributed by atoms with van der Waals surface area (Å²) in [5.41, 5.74) is 1.23. The monoisotopic (exact) mass is 354 g/mol. The molecule has 132 valence electrons. The van der Waals surface area contributed by atoms with Gasteiger partial charge in [0.15, 0.2) is 0 Å². The van der Waals surface area contributed by atoms with Crippen molar-refractivity contribution in [3.8, 4) is 0 Å². The van der Waals surface area contributed by atoms with Crippen molar-refractivity contribution < 1.29 is 23.1 Å². The first-order chi connectivity index (χ1) is 11.5. The molecule has 0 bridgehead atoms. The second-order valence-electron chi connectivity index (χ2n) is 6.14. The Morgan fingerprint density at radius 2 is 1.75 bits per heavy atom. The minimum Gasteiger partial charge on any atom is -0.478 e. The van der Waals surface area contributed by atoms with Crippen molar-refractivity contribution in [2.75, 3.05) is 39.4 Å². The largest absolute Gasteiger partial charge is 0.478 e. The third-order valence-electron chi connectivity index (χ3n) is 4.64. The third kappa shape index (κ3) is 3.61. The van der Waals surface area contributed by atoms with Crippen LogP contribution in [0.3, 0.4) is 0 Å². The van der Waals surface area contributed by atoms with E-state index >= 15 is 0 Å². The Kier molecular flexibility index (Phi) is 5.19. The molecule has 2 saturated heterocycles. The number of rotatable bonds is 4. The predicted octanol–water partition coefficient (Wildman–Crippen LogP) is 1.14. The molecule has 1 atom stereocenters. The van der Waals surface area contributed by atoms with Gasteiger partial charge in [0.25, 0.3) is 10.2 Å². The fraction of sp³-hybridized carbons (Fsp3) is 0.562. The number of ether oxygens (including phenoxy) is 1. The summed E-state index contributed by atoms with van der Waals surface area (Å²) in [5, 5.41) is 8.98. The highest BCUT2D eigenvalue weighted by Crippen LogP contribution is 2.29. The molecule has 0 amide bonds. The first-order valence-electron chi connectivity index (χ1n) is 8.15. The van der Waals surface area contributed by atoms with Gasteiger partial charge in [0.2, 0.25) is 0 Å². The Labute approximate surface area is 142 Å². The van der Waals surface area contributed by atoms with Crippen molar-refractivity contribution in [1.82, 2.24) is 8.61 Å². The molecule has 2 aliphatic heterocycles. The van der Waals surface area contributed by atoms with Crippen LogP contribution in [0.5, 0.6) is 0 Å². The van der Waals surface area contributed by atoms with Gasteiger partial charge in [0.05, 0.1) is 18.8 Å². The highest BCUT2D eigenvalue weighted by Gasteiger charge is 2.34. The molecule has 24 heavy (non-hydrogen) atoms. The van der Waals surface area contributed by atoms with Crippen molar-refractivity contribution in [2.24, 2.45) is 0 Å². The highest BCUT2D eigenvalue weighted by molar-refractivity contribution is 7.86. The summed E-state index contributed by atoms with van der Waals surface area (Å²) in [5.74, 6) is -0.862. The van der Waals surface area contributed by atoms with Gasteiger partial charge in [-0.3, -0.25) is 0 Å². The zero-order valence-electron chi connectivity index (χ0n) is 13.4. The van der Waals surface area contributed by atoms with Crippen molar-refractivity contribution in [1.29, 1.82) is 0 Å². The van der Waals surface area contributed by atoms with Crippen LogP contribution in [0.25, 0.3) is 0 Å². The van der Waals surface area contributed by atoms with Crippen LogP contribution in [0.1, 0.15) is 34.7 Å². The predicted molar refractivity (Wildman–Crippen MR) is 88.3 cm³/mol. The van der Waals surface area contributed by atoms with Crippen LogP contribution in [0.15, 0.2) is 24.3 Å². The summed E-state index contributed by atoms with van der Waals surface area (Å²) in [4.78, 5) is 10.9. The molecule has 1 aromatic rings. The maximum Gasteiger partial charge on any atom is 0.335 e. The summed E-state index contributed by atoms with van der Waals surface area (Å²) in [7, 11) is -3.46. The maximum atomic E-state index is 12.8. The lowest BCUT2D eigenvalue weighted by Crippen LogP contribution is -2.51. The molecule has 7 nitrogen and oxygen atoms in total. The van der Waals surface area contributed by atoms with Crippen molar-refractivity contribution in [2.45, 2.75) is 18.8 Å². The number of hydrogen-bond donors (Lipinski definition) is 1. The summed E-state index contributed by atoms with van der Waals surface area (Å²) < 4.78 is 33.8. The van der Waals surface area contributed by atoms with Gasteiger partial charge >= 0.3 is 5.97 Å². The molecule has 0 aromatic heterocycles. The topological polar surface area (TPSA) is 87.2 Å². The summed E-state index contributed by atoms with van der Waals surface area (Å²) in [6, 6.07) is 6.73. The molecule has 0 saturated carbocycles. The standard InChI is InChI=1S/C16H22N2O5S/c19-16(20)14-5-3-13(4-6-14)15-2-1-7-18(12-15)24(21,22)17-8-10-23-11-9-17/h3-6,15H,1-2,7-12H2,(H,19,20)/t15-/m0/s1. The van der Waals surface area contributed by atoms with Gasteiger partial charge in [-0.15, -0.1) is 0 Å². The molecular formula is C16H22N2O5S. The summed E-state index contributed by atoms with van der Waals surface area (Å²) >= 11 is 0. The maximum absolute atomic E-state index is 12.8. The van der Waals surface area contributed by atoms with Crippen LogP contribution in [0.4, 0.5) is 0 Å². The molecular weight excluding hydrogens is 332 g/mol. The van der Waals surface area contributed by atoms with Gasteiger partial charge in [-0.2, -0.15) is 17.0 Å². The summed E-state index contributed by atoms with van der Waals surface area (Å²) in [6.07, 6.45) is 1.70. The van der Waals surface area contributed by atoms with Crippen LogP contribution in [-0.2, 0) is 14.9 Å². The van der Waals surface area contributed by atoms with Crippen molar-refractivity contribution in [3.05, 3.63) is 35.4 Å². The second kappa shape index (κ2) is 7.18. The number of hydrogen-bond acceptors (Lipinski definition) is 4. The average Bonchev–Trinajstić information content (AvgIpc) is 2.62. The number of benzene rings is 1. The summed E-state index contributed by atoms with van der Waals surface area (Å²) in [6.45, 7) is 2.64. The Morgan fingerprint density at radius 3 is 2.38 bits per heavy atom. The smallest absolute Gasteiger partial charge is 0.335 e. The number of piperidine rings is 1.